The molecule has 0 aliphatic rings. The lowest BCUT2D eigenvalue weighted by Gasteiger charge is -2.12. The van der Waals surface area contributed by atoms with Gasteiger partial charge in [-0.1, -0.05) is 45.9 Å². The summed E-state index contributed by atoms with van der Waals surface area (Å²) >= 11 is 0. The van der Waals surface area contributed by atoms with E-state index in [0.717, 1.165) is 24.5 Å². The molecule has 0 atom stereocenters. The molecule has 2 rings (SSSR count). The number of benzene rings is 1. The summed E-state index contributed by atoms with van der Waals surface area (Å²) in [6.45, 7) is 10.7. The summed E-state index contributed by atoms with van der Waals surface area (Å²) in [6, 6.07) is 10.5. The van der Waals surface area contributed by atoms with Crippen molar-refractivity contribution in [3.05, 3.63) is 47.8 Å². The van der Waals surface area contributed by atoms with Crippen molar-refractivity contribution in [3.63, 3.8) is 0 Å². The van der Waals surface area contributed by atoms with Crippen LogP contribution in [-0.4, -0.2) is 16.3 Å². The predicted molar refractivity (Wildman–Crippen MR) is 84.2 cm³/mol. The van der Waals surface area contributed by atoms with Crippen molar-refractivity contribution in [2.24, 2.45) is 5.92 Å². The van der Waals surface area contributed by atoms with E-state index in [0.29, 0.717) is 11.8 Å². The molecule has 0 bridgehead atoms. The highest BCUT2D eigenvalue weighted by Crippen LogP contribution is 2.17. The van der Waals surface area contributed by atoms with Gasteiger partial charge in [-0.05, 0) is 36.1 Å². The zero-order valence-corrected chi connectivity index (χ0v) is 12.9. The van der Waals surface area contributed by atoms with Gasteiger partial charge in [0.2, 0.25) is 0 Å². The summed E-state index contributed by atoms with van der Waals surface area (Å²) in [7, 11) is 0. The molecular weight excluding hydrogens is 246 g/mol. The molecule has 0 saturated heterocycles. The first kappa shape index (κ1) is 14.8. The van der Waals surface area contributed by atoms with Gasteiger partial charge in [0.25, 0.3) is 0 Å². The Bertz CT molecular complexity index is 541. The second-order valence-corrected chi connectivity index (χ2v) is 5.99. The van der Waals surface area contributed by atoms with E-state index in [1.54, 1.807) is 0 Å². The summed E-state index contributed by atoms with van der Waals surface area (Å²) in [6.07, 6.45) is 2.05. The highest BCUT2D eigenvalue weighted by atomic mass is 15.3. The van der Waals surface area contributed by atoms with Gasteiger partial charge in [0.15, 0.2) is 0 Å². The summed E-state index contributed by atoms with van der Waals surface area (Å²) < 4.78 is 1.99. The Morgan fingerprint density at radius 2 is 1.85 bits per heavy atom. The molecule has 0 unspecified atom stereocenters. The minimum absolute atomic E-state index is 0.461. The number of rotatable bonds is 6. The average molecular weight is 271 g/mol. The van der Waals surface area contributed by atoms with Crippen molar-refractivity contribution in [2.45, 2.75) is 40.2 Å². The molecule has 0 fully saturated rings. The summed E-state index contributed by atoms with van der Waals surface area (Å²) in [5.41, 5.74) is 3.58. The highest BCUT2D eigenvalue weighted by molar-refractivity contribution is 5.40. The van der Waals surface area contributed by atoms with Crippen molar-refractivity contribution in [1.82, 2.24) is 15.1 Å². The van der Waals surface area contributed by atoms with Crippen molar-refractivity contribution in [2.75, 3.05) is 6.54 Å². The highest BCUT2D eigenvalue weighted by Gasteiger charge is 2.08. The van der Waals surface area contributed by atoms with Gasteiger partial charge in [0.1, 0.15) is 0 Å². The van der Waals surface area contributed by atoms with Crippen LogP contribution in [0.15, 0.2) is 36.5 Å². The van der Waals surface area contributed by atoms with Crippen LogP contribution < -0.4 is 5.32 Å². The Morgan fingerprint density at radius 1 is 1.10 bits per heavy atom. The first-order valence-corrected chi connectivity index (χ1v) is 7.42. The van der Waals surface area contributed by atoms with Gasteiger partial charge < -0.3 is 5.32 Å². The number of hydrogen-bond donors (Lipinski definition) is 1. The third kappa shape index (κ3) is 3.70. The molecule has 0 radical (unpaired) electrons. The Labute approximate surface area is 122 Å². The van der Waals surface area contributed by atoms with E-state index in [-0.39, 0.29) is 0 Å². The van der Waals surface area contributed by atoms with Crippen LogP contribution in [0.1, 0.15) is 44.9 Å². The van der Waals surface area contributed by atoms with Gasteiger partial charge in [0, 0.05) is 12.7 Å². The van der Waals surface area contributed by atoms with Crippen LogP contribution in [-0.2, 0) is 6.54 Å². The SMILES string of the molecule is CC(C)CNCc1ccccc1-n1ccc(C(C)C)n1. The molecule has 0 spiro atoms. The molecule has 1 aromatic carbocycles. The fourth-order valence-corrected chi connectivity index (χ4v) is 2.16. The molecule has 3 heteroatoms. The van der Waals surface area contributed by atoms with Crippen LogP contribution >= 0.6 is 0 Å². The molecular formula is C17H25N3. The van der Waals surface area contributed by atoms with Crippen LogP contribution in [0.2, 0.25) is 0 Å². The van der Waals surface area contributed by atoms with Crippen molar-refractivity contribution in [1.29, 1.82) is 0 Å². The fraction of sp³-hybridized carbons (Fsp3) is 0.471. The molecule has 0 aliphatic heterocycles. The minimum Gasteiger partial charge on any atom is -0.312 e. The second-order valence-electron chi connectivity index (χ2n) is 5.99. The smallest absolute Gasteiger partial charge is 0.0690 e. The van der Waals surface area contributed by atoms with Gasteiger partial charge in [-0.2, -0.15) is 5.10 Å². The largest absolute Gasteiger partial charge is 0.312 e. The summed E-state index contributed by atoms with van der Waals surface area (Å²) in [5, 5.41) is 8.17. The van der Waals surface area contributed by atoms with E-state index < -0.39 is 0 Å². The van der Waals surface area contributed by atoms with E-state index in [1.807, 2.05) is 4.68 Å². The van der Waals surface area contributed by atoms with Crippen molar-refractivity contribution >= 4 is 0 Å². The van der Waals surface area contributed by atoms with E-state index in [1.165, 1.54) is 5.56 Å². The number of nitrogens with zero attached hydrogens (tertiary/aromatic N) is 2. The van der Waals surface area contributed by atoms with Crippen molar-refractivity contribution < 1.29 is 0 Å². The third-order valence-corrected chi connectivity index (χ3v) is 3.31. The Balaban J connectivity index is 2.18. The first-order valence-electron chi connectivity index (χ1n) is 7.42. The van der Waals surface area contributed by atoms with Gasteiger partial charge in [-0.3, -0.25) is 0 Å². The fourth-order valence-electron chi connectivity index (χ4n) is 2.16. The number of hydrogen-bond acceptors (Lipinski definition) is 2. The van der Waals surface area contributed by atoms with Crippen LogP contribution in [0.5, 0.6) is 0 Å². The van der Waals surface area contributed by atoms with Gasteiger partial charge in [-0.15, -0.1) is 0 Å². The van der Waals surface area contributed by atoms with Crippen LogP contribution in [0.3, 0.4) is 0 Å². The third-order valence-electron chi connectivity index (χ3n) is 3.31. The zero-order chi connectivity index (χ0) is 14.5. The number of para-hydroxylation sites is 1. The molecule has 0 amide bonds. The zero-order valence-electron chi connectivity index (χ0n) is 12.9. The Morgan fingerprint density at radius 3 is 2.50 bits per heavy atom. The van der Waals surface area contributed by atoms with Crippen molar-refractivity contribution in [3.8, 4) is 5.69 Å². The van der Waals surface area contributed by atoms with Crippen LogP contribution in [0.4, 0.5) is 0 Å². The Kier molecular flexibility index (Phi) is 4.96. The lowest BCUT2D eigenvalue weighted by atomic mass is 10.1. The normalized spacial score (nSPS) is 11.5. The second kappa shape index (κ2) is 6.71. The van der Waals surface area contributed by atoms with E-state index in [4.69, 9.17) is 0 Å². The number of aromatic nitrogens is 2. The summed E-state index contributed by atoms with van der Waals surface area (Å²) in [4.78, 5) is 0. The molecule has 2 aromatic rings. The van der Waals surface area contributed by atoms with E-state index in [9.17, 15) is 0 Å². The summed E-state index contributed by atoms with van der Waals surface area (Å²) in [5.74, 6) is 1.13. The van der Waals surface area contributed by atoms with Gasteiger partial charge in [0.05, 0.1) is 11.4 Å². The maximum atomic E-state index is 4.67. The molecule has 0 saturated carbocycles. The lowest BCUT2D eigenvalue weighted by molar-refractivity contribution is 0.551. The Hall–Kier alpha value is -1.61. The maximum absolute atomic E-state index is 4.67. The quantitative estimate of drug-likeness (QED) is 0.867. The van der Waals surface area contributed by atoms with Gasteiger partial charge >= 0.3 is 0 Å². The molecule has 1 N–H and O–H groups in total. The van der Waals surface area contributed by atoms with Crippen LogP contribution in [0.25, 0.3) is 5.69 Å². The molecule has 0 aliphatic carbocycles. The molecule has 3 nitrogen and oxygen atoms in total. The monoisotopic (exact) mass is 271 g/mol. The molecule has 1 aromatic heterocycles. The molecule has 108 valence electrons. The van der Waals surface area contributed by atoms with Crippen LogP contribution in [0, 0.1) is 5.92 Å². The van der Waals surface area contributed by atoms with E-state index >= 15 is 0 Å². The molecule has 1 heterocycles. The average Bonchev–Trinajstić information content (AvgIpc) is 2.88. The molecule has 20 heavy (non-hydrogen) atoms. The lowest BCUT2D eigenvalue weighted by Crippen LogP contribution is -2.20. The first-order chi connectivity index (χ1) is 9.58. The standard InChI is InChI=1S/C17H25N3/c1-13(2)11-18-12-15-7-5-6-8-17(15)20-10-9-16(19-20)14(3)4/h5-10,13-14,18H,11-12H2,1-4H3. The van der Waals surface area contributed by atoms with Gasteiger partial charge in [-0.25, -0.2) is 4.68 Å². The van der Waals surface area contributed by atoms with E-state index in [2.05, 4.69) is 74.6 Å². The maximum Gasteiger partial charge on any atom is 0.0690 e. The topological polar surface area (TPSA) is 29.9 Å². The minimum atomic E-state index is 0.461. The number of nitrogens with one attached hydrogen (secondary N) is 1. The predicted octanol–water partition coefficient (Wildman–Crippen LogP) is 3.74.